The van der Waals surface area contributed by atoms with Crippen molar-refractivity contribution in [3.8, 4) is 0 Å². The first kappa shape index (κ1) is 11.9. The van der Waals surface area contributed by atoms with Gasteiger partial charge in [-0.1, -0.05) is 12.2 Å². The van der Waals surface area contributed by atoms with Gasteiger partial charge in [-0.2, -0.15) is 0 Å². The van der Waals surface area contributed by atoms with E-state index in [1.807, 2.05) is 36.9 Å². The summed E-state index contributed by atoms with van der Waals surface area (Å²) in [7, 11) is 2.00. The third-order valence-corrected chi connectivity index (χ3v) is 2.10. The van der Waals surface area contributed by atoms with Crippen molar-refractivity contribution < 1.29 is 13.9 Å². The summed E-state index contributed by atoms with van der Waals surface area (Å²) in [6, 6.07) is 0. The van der Waals surface area contributed by atoms with E-state index < -0.39 is 0 Å². The lowest BCUT2D eigenvalue weighted by Crippen LogP contribution is -2.22. The molecular weight excluding hydrogens is 188 g/mol. The molecule has 0 atom stereocenters. The second-order valence-corrected chi connectivity index (χ2v) is 3.57. The normalized spacial score (nSPS) is 17.2. The summed E-state index contributed by atoms with van der Waals surface area (Å²) in [5, 5.41) is 0. The van der Waals surface area contributed by atoms with Gasteiger partial charge >= 0.3 is 0 Å². The molecule has 0 N–H and O–H groups in total. The zero-order chi connectivity index (χ0) is 10.9. The van der Waals surface area contributed by atoms with Gasteiger partial charge in [0.05, 0.1) is 0 Å². The fraction of sp³-hybridized carbons (Fsp3) is 0.500. The second-order valence-electron chi connectivity index (χ2n) is 3.57. The zero-order valence-electron chi connectivity index (χ0n) is 9.60. The Morgan fingerprint density at radius 1 is 1.53 bits per heavy atom. The number of nitrogens with zero attached hydrogens (tertiary/aromatic N) is 2. The van der Waals surface area contributed by atoms with Crippen LogP contribution in [0.15, 0.2) is 24.3 Å². The lowest BCUT2D eigenvalue weighted by atomic mass is 10.3. The molecule has 1 heterocycles. The van der Waals surface area contributed by atoms with E-state index in [4.69, 9.17) is 4.74 Å². The zero-order valence-corrected chi connectivity index (χ0v) is 9.60. The molecule has 0 aliphatic carbocycles. The smallest absolute Gasteiger partial charge is 0.252 e. The van der Waals surface area contributed by atoms with Crippen LogP contribution in [0.3, 0.4) is 0 Å². The van der Waals surface area contributed by atoms with Crippen molar-refractivity contribution in [3.63, 3.8) is 0 Å². The molecular formula is C12H20N2O+2. The molecule has 1 rings (SSSR count). The Hall–Kier alpha value is -1.22. The SMILES string of the molecule is CC=CC=[N+](C)COC[N+]1=CC=CCC1. The molecule has 0 aromatic rings. The van der Waals surface area contributed by atoms with E-state index in [0.29, 0.717) is 13.5 Å². The van der Waals surface area contributed by atoms with E-state index in [9.17, 15) is 0 Å². The molecule has 0 unspecified atom stereocenters. The third kappa shape index (κ3) is 5.27. The summed E-state index contributed by atoms with van der Waals surface area (Å²) < 4.78 is 9.74. The highest BCUT2D eigenvalue weighted by atomic mass is 16.5. The molecule has 15 heavy (non-hydrogen) atoms. The highest BCUT2D eigenvalue weighted by Crippen LogP contribution is 1.91. The first-order valence-corrected chi connectivity index (χ1v) is 5.31. The quantitative estimate of drug-likeness (QED) is 0.377. The van der Waals surface area contributed by atoms with E-state index >= 15 is 0 Å². The summed E-state index contributed by atoms with van der Waals surface area (Å²) in [4.78, 5) is 0. The summed E-state index contributed by atoms with van der Waals surface area (Å²) >= 11 is 0. The van der Waals surface area contributed by atoms with Crippen molar-refractivity contribution >= 4 is 12.4 Å². The monoisotopic (exact) mass is 208 g/mol. The maximum absolute atomic E-state index is 5.55. The largest absolute Gasteiger partial charge is 0.263 e. The first-order chi connectivity index (χ1) is 7.33. The van der Waals surface area contributed by atoms with Gasteiger partial charge in [0.1, 0.15) is 13.6 Å². The fourth-order valence-corrected chi connectivity index (χ4v) is 1.28. The molecule has 0 bridgehead atoms. The van der Waals surface area contributed by atoms with Gasteiger partial charge in [0, 0.05) is 6.42 Å². The van der Waals surface area contributed by atoms with E-state index in [2.05, 4.69) is 22.9 Å². The first-order valence-electron chi connectivity index (χ1n) is 5.31. The average Bonchev–Trinajstić information content (AvgIpc) is 2.28. The van der Waals surface area contributed by atoms with Crippen molar-refractivity contribution in [3.05, 3.63) is 24.3 Å². The highest BCUT2D eigenvalue weighted by Gasteiger charge is 2.06. The lowest BCUT2D eigenvalue weighted by molar-refractivity contribution is -0.608. The van der Waals surface area contributed by atoms with Crippen LogP contribution >= 0.6 is 0 Å². The summed E-state index contributed by atoms with van der Waals surface area (Å²) in [5.74, 6) is 0. The number of ether oxygens (including phenoxy) is 1. The van der Waals surface area contributed by atoms with Crippen LogP contribution in [0.4, 0.5) is 0 Å². The highest BCUT2D eigenvalue weighted by molar-refractivity contribution is 5.66. The number of allylic oxidation sites excluding steroid dienone is 3. The molecule has 0 amide bonds. The standard InChI is InChI=1S/C12H20N2O/c1-3-4-8-13(2)11-15-12-14-9-6-5-7-10-14/h3-6,8-9H,7,10-12H2,1-2H3/q+2. The van der Waals surface area contributed by atoms with Crippen molar-refractivity contribution in [1.29, 1.82) is 0 Å². The summed E-state index contributed by atoms with van der Waals surface area (Å²) in [6.45, 7) is 4.34. The van der Waals surface area contributed by atoms with Crippen molar-refractivity contribution in [2.24, 2.45) is 0 Å². The molecule has 0 spiro atoms. The Morgan fingerprint density at radius 3 is 3.07 bits per heavy atom. The third-order valence-electron chi connectivity index (χ3n) is 2.10. The minimum atomic E-state index is 0.623. The Bertz CT molecular complexity index is 301. The van der Waals surface area contributed by atoms with E-state index in [1.54, 1.807) is 0 Å². The van der Waals surface area contributed by atoms with Crippen LogP contribution in [0.5, 0.6) is 0 Å². The molecule has 0 saturated carbocycles. The van der Waals surface area contributed by atoms with Gasteiger partial charge in [0.25, 0.3) is 13.5 Å². The van der Waals surface area contributed by atoms with E-state index in [1.165, 1.54) is 0 Å². The summed E-state index contributed by atoms with van der Waals surface area (Å²) in [5.41, 5.74) is 0. The van der Waals surface area contributed by atoms with Crippen LogP contribution in [-0.2, 0) is 4.74 Å². The van der Waals surface area contributed by atoms with Crippen LogP contribution in [0.25, 0.3) is 0 Å². The second kappa shape index (κ2) is 7.12. The van der Waals surface area contributed by atoms with Crippen LogP contribution in [0.1, 0.15) is 13.3 Å². The number of hydrogen-bond donors (Lipinski definition) is 0. The number of hydrogen-bond acceptors (Lipinski definition) is 1. The predicted octanol–water partition coefficient (Wildman–Crippen LogP) is 1.25. The average molecular weight is 208 g/mol. The maximum atomic E-state index is 5.55. The maximum Gasteiger partial charge on any atom is 0.252 e. The van der Waals surface area contributed by atoms with Gasteiger partial charge in [-0.05, 0) is 19.1 Å². The van der Waals surface area contributed by atoms with E-state index in [-0.39, 0.29) is 0 Å². The minimum Gasteiger partial charge on any atom is -0.263 e. The molecule has 0 radical (unpaired) electrons. The molecule has 0 fully saturated rings. The molecule has 0 aromatic carbocycles. The lowest BCUT2D eigenvalue weighted by Gasteiger charge is -2.03. The van der Waals surface area contributed by atoms with Gasteiger partial charge in [0.15, 0.2) is 12.4 Å². The van der Waals surface area contributed by atoms with Crippen LogP contribution in [0, 0.1) is 0 Å². The van der Waals surface area contributed by atoms with Gasteiger partial charge in [-0.25, -0.2) is 9.15 Å². The van der Waals surface area contributed by atoms with E-state index in [0.717, 1.165) is 13.0 Å². The van der Waals surface area contributed by atoms with Crippen LogP contribution in [0.2, 0.25) is 0 Å². The molecule has 82 valence electrons. The Labute approximate surface area is 91.7 Å². The van der Waals surface area contributed by atoms with Crippen LogP contribution < -0.4 is 0 Å². The van der Waals surface area contributed by atoms with Crippen molar-refractivity contribution in [1.82, 2.24) is 0 Å². The molecule has 1 aliphatic heterocycles. The van der Waals surface area contributed by atoms with Crippen molar-refractivity contribution in [2.75, 3.05) is 27.1 Å². The molecule has 3 heteroatoms. The minimum absolute atomic E-state index is 0.623. The molecule has 0 saturated heterocycles. The Kier molecular flexibility index (Phi) is 5.63. The number of rotatable bonds is 5. The molecule has 0 aromatic heterocycles. The predicted molar refractivity (Wildman–Crippen MR) is 62.8 cm³/mol. The van der Waals surface area contributed by atoms with Gasteiger partial charge < -0.3 is 0 Å². The van der Waals surface area contributed by atoms with Gasteiger partial charge in [-0.3, -0.25) is 4.74 Å². The Balaban J connectivity index is 2.21. The Morgan fingerprint density at radius 2 is 2.40 bits per heavy atom. The van der Waals surface area contributed by atoms with Gasteiger partial charge in [-0.15, -0.1) is 0 Å². The molecule has 1 aliphatic rings. The molecule has 3 nitrogen and oxygen atoms in total. The summed E-state index contributed by atoms with van der Waals surface area (Å²) in [6.07, 6.45) is 13.4. The topological polar surface area (TPSA) is 15.2 Å². The van der Waals surface area contributed by atoms with Gasteiger partial charge in [0.2, 0.25) is 0 Å². The van der Waals surface area contributed by atoms with Crippen LogP contribution in [-0.4, -0.2) is 48.6 Å². The fourth-order valence-electron chi connectivity index (χ4n) is 1.28. The van der Waals surface area contributed by atoms with Crippen molar-refractivity contribution in [2.45, 2.75) is 13.3 Å².